The number of likely N-dealkylation sites (tertiary alicyclic amines) is 1. The monoisotopic (exact) mass is 547 g/mol. The van der Waals surface area contributed by atoms with Crippen LogP contribution in [0.1, 0.15) is 31.4 Å². The maximum Gasteiger partial charge on any atom is 0.233 e. The molecule has 0 spiro atoms. The van der Waals surface area contributed by atoms with E-state index in [0.29, 0.717) is 17.7 Å². The van der Waals surface area contributed by atoms with Crippen molar-refractivity contribution in [2.75, 3.05) is 26.7 Å². The van der Waals surface area contributed by atoms with Gasteiger partial charge in [-0.2, -0.15) is 0 Å². The van der Waals surface area contributed by atoms with Crippen LogP contribution in [0.15, 0.2) is 53.3 Å². The summed E-state index contributed by atoms with van der Waals surface area (Å²) in [4.78, 5) is 18.5. The lowest BCUT2D eigenvalue weighted by Crippen LogP contribution is -2.41. The second-order valence-electron chi connectivity index (χ2n) is 9.11. The lowest BCUT2D eigenvalue weighted by atomic mass is 9.93. The predicted molar refractivity (Wildman–Crippen MR) is 148 cm³/mol. The summed E-state index contributed by atoms with van der Waals surface area (Å²) in [6.07, 6.45) is 9.37. The van der Waals surface area contributed by atoms with Gasteiger partial charge in [-0.25, -0.2) is 4.39 Å². The number of rotatable bonds is 9. The van der Waals surface area contributed by atoms with Gasteiger partial charge in [0.2, 0.25) is 5.91 Å². The number of hydrogen-bond donors (Lipinski definition) is 3. The van der Waals surface area contributed by atoms with E-state index >= 15 is 0 Å². The Labute approximate surface area is 227 Å². The van der Waals surface area contributed by atoms with Gasteiger partial charge in [0, 0.05) is 55.0 Å². The number of benzene rings is 1. The summed E-state index contributed by atoms with van der Waals surface area (Å²) in [6, 6.07) is 2.72. The van der Waals surface area contributed by atoms with Crippen LogP contribution >= 0.6 is 23.2 Å². The van der Waals surface area contributed by atoms with E-state index in [1.807, 2.05) is 6.08 Å². The number of nitrogens with one attached hydrogen (secondary N) is 3. The van der Waals surface area contributed by atoms with Gasteiger partial charge in [0.25, 0.3) is 0 Å². The van der Waals surface area contributed by atoms with Crippen LogP contribution in [0.25, 0.3) is 0 Å². The van der Waals surface area contributed by atoms with Gasteiger partial charge < -0.3 is 15.5 Å². The van der Waals surface area contributed by atoms with Crippen molar-refractivity contribution in [3.05, 3.63) is 69.7 Å². The highest BCUT2D eigenvalue weighted by atomic mass is 35.5. The van der Waals surface area contributed by atoms with E-state index in [4.69, 9.17) is 43.7 Å². The molecule has 3 atom stereocenters. The van der Waals surface area contributed by atoms with E-state index in [-0.39, 0.29) is 45.3 Å². The molecule has 3 unspecified atom stereocenters. The topological polar surface area (TPSA) is 102 Å². The maximum atomic E-state index is 14.1. The third kappa shape index (κ3) is 7.37. The van der Waals surface area contributed by atoms with Gasteiger partial charge in [0.05, 0.1) is 17.6 Å². The second-order valence-corrected chi connectivity index (χ2v) is 9.89. The van der Waals surface area contributed by atoms with E-state index < -0.39 is 11.9 Å². The summed E-state index contributed by atoms with van der Waals surface area (Å²) in [5.74, 6) is -1.04. The van der Waals surface area contributed by atoms with Crippen LogP contribution in [0.4, 0.5) is 4.39 Å². The van der Waals surface area contributed by atoms with E-state index in [9.17, 15) is 9.18 Å². The first kappa shape index (κ1) is 28.8. The Hall–Kier alpha value is -2.81. The molecule has 1 aromatic carbocycles. The average Bonchev–Trinajstić information content (AvgIpc) is 3.02. The summed E-state index contributed by atoms with van der Waals surface area (Å²) in [7, 11) is 1.63. The van der Waals surface area contributed by atoms with Crippen molar-refractivity contribution in [1.82, 2.24) is 10.2 Å². The molecule has 1 aromatic rings. The van der Waals surface area contributed by atoms with Crippen LogP contribution in [0.5, 0.6) is 0 Å². The van der Waals surface area contributed by atoms with Crippen molar-refractivity contribution in [3.63, 3.8) is 0 Å². The van der Waals surface area contributed by atoms with Crippen LogP contribution in [-0.4, -0.2) is 61.7 Å². The number of allylic oxidation sites excluding steroid dienone is 4. The van der Waals surface area contributed by atoms with Crippen molar-refractivity contribution in [3.8, 4) is 0 Å². The zero-order valence-corrected chi connectivity index (χ0v) is 22.5. The van der Waals surface area contributed by atoms with Gasteiger partial charge in [-0.1, -0.05) is 41.9 Å². The first-order valence-corrected chi connectivity index (χ1v) is 12.8. The molecular weight excluding hydrogens is 516 g/mol. The minimum atomic E-state index is -0.735. The number of hydrogen-bond acceptors (Lipinski definition) is 6. The van der Waals surface area contributed by atoms with E-state index in [0.717, 1.165) is 25.9 Å². The molecule has 1 amide bonds. The van der Waals surface area contributed by atoms with Crippen LogP contribution < -0.4 is 5.32 Å². The molecular formula is C27H32Cl2FN5O2. The standard InChI is InChI=1S/C27H32Cl2FN5O2/c1-16-4-5-18(19(13-31)14-34-20-8-10-35(11-9-20)15-24(36)33-3)12-23(27(16)32)37-17(2)25-21(28)6-7-22(30)26(25)29/h4-7,12-14,17-20,31-32H,1,8-11,15H2,2-3H3,(H,33,36). The number of carbonyl (C=O) groups is 1. The summed E-state index contributed by atoms with van der Waals surface area (Å²) < 4.78 is 20.1. The average molecular weight is 548 g/mol. The highest BCUT2D eigenvalue weighted by Gasteiger charge is 2.26. The first-order chi connectivity index (χ1) is 17.6. The molecule has 1 heterocycles. The van der Waals surface area contributed by atoms with Crippen LogP contribution in [0.2, 0.25) is 10.0 Å². The molecule has 3 rings (SSSR count). The zero-order chi connectivity index (χ0) is 27.1. The number of nitrogens with zero attached hydrogens (tertiary/aromatic N) is 2. The Morgan fingerprint density at radius 1 is 1.38 bits per heavy atom. The summed E-state index contributed by atoms with van der Waals surface area (Å²) >= 11 is 12.4. The Bertz CT molecular complexity index is 1140. The van der Waals surface area contributed by atoms with Crippen LogP contribution in [0, 0.1) is 28.5 Å². The number of carbonyl (C=O) groups excluding carboxylic acids is 1. The van der Waals surface area contributed by atoms with Gasteiger partial charge in [0.15, 0.2) is 0 Å². The van der Waals surface area contributed by atoms with Crippen molar-refractivity contribution < 1.29 is 13.9 Å². The van der Waals surface area contributed by atoms with Crippen molar-refractivity contribution in [2.45, 2.75) is 31.9 Å². The second kappa shape index (κ2) is 13.1. The summed E-state index contributed by atoms with van der Waals surface area (Å²) in [5.41, 5.74) is 0.823. The van der Waals surface area contributed by atoms with Gasteiger partial charge in [0.1, 0.15) is 23.4 Å². The molecule has 198 valence electrons. The van der Waals surface area contributed by atoms with Crippen molar-refractivity contribution in [2.24, 2.45) is 16.8 Å². The van der Waals surface area contributed by atoms with Crippen LogP contribution in [0.3, 0.4) is 0 Å². The Balaban J connectivity index is 1.74. The van der Waals surface area contributed by atoms with Crippen LogP contribution in [-0.2, 0) is 9.53 Å². The molecule has 3 N–H and O–H groups in total. The summed E-state index contributed by atoms with van der Waals surface area (Å²) in [5, 5.41) is 19.3. The largest absolute Gasteiger partial charge is 0.484 e. The fraction of sp³-hybridized carbons (Fsp3) is 0.407. The van der Waals surface area contributed by atoms with Crippen molar-refractivity contribution >= 4 is 47.2 Å². The molecule has 1 saturated heterocycles. The lowest BCUT2D eigenvalue weighted by Gasteiger charge is -2.29. The highest BCUT2D eigenvalue weighted by molar-refractivity contribution is 6.36. The minimum Gasteiger partial charge on any atom is -0.484 e. The number of likely N-dealkylation sites (N-methyl/N-ethyl adjacent to an activating group) is 1. The number of halogens is 3. The van der Waals surface area contributed by atoms with E-state index in [1.165, 1.54) is 18.3 Å². The molecule has 1 fully saturated rings. The fourth-order valence-electron chi connectivity index (χ4n) is 4.27. The molecule has 0 radical (unpaired) electrons. The van der Waals surface area contributed by atoms with Gasteiger partial charge in [-0.15, -0.1) is 0 Å². The lowest BCUT2D eigenvalue weighted by molar-refractivity contribution is -0.122. The third-order valence-corrected chi connectivity index (χ3v) is 7.24. The summed E-state index contributed by atoms with van der Waals surface area (Å²) in [6.45, 7) is 7.58. The van der Waals surface area contributed by atoms with Gasteiger partial charge in [-0.3, -0.25) is 20.1 Å². The fourth-order valence-corrected chi connectivity index (χ4v) is 4.95. The normalized spacial score (nSPS) is 20.9. The molecule has 1 aliphatic carbocycles. The van der Waals surface area contributed by atoms with Gasteiger partial charge in [-0.05, 0) is 43.5 Å². The van der Waals surface area contributed by atoms with E-state index in [2.05, 4.69) is 16.8 Å². The minimum absolute atomic E-state index is 0.000743. The predicted octanol–water partition coefficient (Wildman–Crippen LogP) is 5.40. The molecule has 0 saturated carbocycles. The smallest absolute Gasteiger partial charge is 0.233 e. The number of amides is 1. The molecule has 0 aromatic heterocycles. The highest BCUT2D eigenvalue weighted by Crippen LogP contribution is 2.36. The maximum absolute atomic E-state index is 14.1. The zero-order valence-electron chi connectivity index (χ0n) is 20.9. The Morgan fingerprint density at radius 2 is 2.08 bits per heavy atom. The molecule has 37 heavy (non-hydrogen) atoms. The molecule has 0 bridgehead atoms. The number of aliphatic imine (C=N–C) groups is 1. The molecule has 1 aliphatic heterocycles. The Morgan fingerprint density at radius 3 is 2.73 bits per heavy atom. The van der Waals surface area contributed by atoms with E-state index in [1.54, 1.807) is 32.3 Å². The molecule has 10 heteroatoms. The first-order valence-electron chi connectivity index (χ1n) is 12.1. The molecule has 7 nitrogen and oxygen atoms in total. The molecule has 2 aliphatic rings. The number of ether oxygens (including phenoxy) is 1. The van der Waals surface area contributed by atoms with Crippen molar-refractivity contribution in [1.29, 1.82) is 10.8 Å². The third-order valence-electron chi connectivity index (χ3n) is 6.53. The SMILES string of the molecule is C=C1C=CC(C(C=N)C=NC2CCN(CC(=O)NC)CC2)C=C(OC(C)c2c(Cl)ccc(F)c2Cl)C1=N. The Kier molecular flexibility index (Phi) is 10.2. The number of piperidine rings is 1. The van der Waals surface area contributed by atoms with Gasteiger partial charge >= 0.3 is 0 Å². The quantitative estimate of drug-likeness (QED) is 0.284.